The number of nitrogens with zero attached hydrogens (tertiary/aromatic N) is 2. The zero-order valence-corrected chi connectivity index (χ0v) is 12.0. The summed E-state index contributed by atoms with van der Waals surface area (Å²) in [7, 11) is 0. The molecule has 112 valence electrons. The van der Waals surface area contributed by atoms with Crippen molar-refractivity contribution in [2.75, 3.05) is 5.32 Å². The molecule has 3 aromatic rings. The smallest absolute Gasteiger partial charge is 0.211 e. The molecule has 1 amide bonds. The van der Waals surface area contributed by atoms with E-state index in [1.165, 1.54) is 6.20 Å². The Morgan fingerprint density at radius 2 is 2.05 bits per heavy atom. The van der Waals surface area contributed by atoms with Crippen LogP contribution in [0.1, 0.15) is 5.69 Å². The van der Waals surface area contributed by atoms with E-state index in [1.54, 1.807) is 43.0 Å². The van der Waals surface area contributed by atoms with E-state index in [1.807, 2.05) is 13.0 Å². The first kappa shape index (κ1) is 15.4. The maximum absolute atomic E-state index is 13.2. The summed E-state index contributed by atoms with van der Waals surface area (Å²) in [5.74, 6) is -0.290. The van der Waals surface area contributed by atoms with Crippen LogP contribution >= 0.6 is 0 Å². The molecule has 0 aromatic carbocycles. The number of carbonyl (C=O) groups excluding carboxylic acids is 1. The number of H-pyrrole nitrogens is 1. The summed E-state index contributed by atoms with van der Waals surface area (Å²) >= 11 is 0. The van der Waals surface area contributed by atoms with E-state index in [0.717, 1.165) is 11.3 Å². The molecule has 0 saturated heterocycles. The summed E-state index contributed by atoms with van der Waals surface area (Å²) in [6, 6.07) is 7.09. The summed E-state index contributed by atoms with van der Waals surface area (Å²) in [5.41, 5.74) is 3.18. The molecule has 6 heteroatoms. The predicted molar refractivity (Wildman–Crippen MR) is 82.6 cm³/mol. The molecular formula is C16H15FN4O. The van der Waals surface area contributed by atoms with Gasteiger partial charge in [0.1, 0.15) is 5.82 Å². The first-order chi connectivity index (χ1) is 10.7. The number of amides is 1. The predicted octanol–water partition coefficient (Wildman–Crippen LogP) is 3.17. The van der Waals surface area contributed by atoms with E-state index in [0.29, 0.717) is 17.7 Å². The van der Waals surface area contributed by atoms with Crippen LogP contribution in [0.5, 0.6) is 0 Å². The van der Waals surface area contributed by atoms with E-state index in [-0.39, 0.29) is 5.82 Å². The van der Waals surface area contributed by atoms with Crippen LogP contribution in [-0.4, -0.2) is 21.4 Å². The van der Waals surface area contributed by atoms with Gasteiger partial charge in [0.2, 0.25) is 6.41 Å². The zero-order chi connectivity index (χ0) is 15.8. The van der Waals surface area contributed by atoms with E-state index in [4.69, 9.17) is 0 Å². The number of hydrogen-bond donors (Lipinski definition) is 2. The molecule has 0 spiro atoms. The van der Waals surface area contributed by atoms with Crippen molar-refractivity contribution in [3.63, 3.8) is 0 Å². The van der Waals surface area contributed by atoms with E-state index >= 15 is 0 Å². The summed E-state index contributed by atoms with van der Waals surface area (Å²) in [6.45, 7) is 1.93. The highest BCUT2D eigenvalue weighted by Gasteiger charge is 2.04. The van der Waals surface area contributed by atoms with Crippen molar-refractivity contribution in [3.8, 4) is 11.1 Å². The molecule has 3 aromatic heterocycles. The van der Waals surface area contributed by atoms with E-state index in [9.17, 15) is 9.18 Å². The monoisotopic (exact) mass is 298 g/mol. The molecule has 2 N–H and O–H groups in total. The second kappa shape index (κ2) is 7.68. The third-order valence-corrected chi connectivity index (χ3v) is 2.80. The number of rotatable bonds is 3. The lowest BCUT2D eigenvalue weighted by atomic mass is 10.1. The highest BCUT2D eigenvalue weighted by Crippen LogP contribution is 2.21. The quantitative estimate of drug-likeness (QED) is 0.730. The van der Waals surface area contributed by atoms with Gasteiger partial charge in [-0.25, -0.2) is 4.39 Å². The fourth-order valence-electron chi connectivity index (χ4n) is 1.79. The summed E-state index contributed by atoms with van der Waals surface area (Å²) < 4.78 is 13.2. The SMILES string of the molecule is Cc1cc(-c2ccncc2F)c[nH]1.O=CNc1cccnc1. The van der Waals surface area contributed by atoms with Gasteiger partial charge in [0.05, 0.1) is 18.1 Å². The lowest BCUT2D eigenvalue weighted by Crippen LogP contribution is -1.92. The number of carbonyl (C=O) groups is 1. The number of aryl methyl sites for hydroxylation is 1. The lowest BCUT2D eigenvalue weighted by molar-refractivity contribution is -0.105. The molecule has 0 radical (unpaired) electrons. The molecule has 0 unspecified atom stereocenters. The molecular weight excluding hydrogens is 283 g/mol. The van der Waals surface area contributed by atoms with Crippen LogP contribution < -0.4 is 5.32 Å². The van der Waals surface area contributed by atoms with Crippen LogP contribution in [0.4, 0.5) is 10.1 Å². The molecule has 0 aliphatic carbocycles. The number of nitrogens with one attached hydrogen (secondary N) is 2. The van der Waals surface area contributed by atoms with Crippen molar-refractivity contribution in [1.29, 1.82) is 0 Å². The molecule has 5 nitrogen and oxygen atoms in total. The van der Waals surface area contributed by atoms with Crippen molar-refractivity contribution >= 4 is 12.1 Å². The minimum atomic E-state index is -0.290. The highest BCUT2D eigenvalue weighted by molar-refractivity contribution is 5.70. The van der Waals surface area contributed by atoms with Gasteiger partial charge in [0, 0.05) is 35.4 Å². The van der Waals surface area contributed by atoms with Gasteiger partial charge in [0.15, 0.2) is 0 Å². The minimum absolute atomic E-state index is 0.290. The Hall–Kier alpha value is -3.02. The highest BCUT2D eigenvalue weighted by atomic mass is 19.1. The third kappa shape index (κ3) is 4.24. The molecule has 0 saturated carbocycles. The molecule has 3 rings (SSSR count). The van der Waals surface area contributed by atoms with Gasteiger partial charge in [0.25, 0.3) is 0 Å². The largest absolute Gasteiger partial charge is 0.365 e. The Balaban J connectivity index is 0.000000172. The Morgan fingerprint density at radius 1 is 1.23 bits per heavy atom. The van der Waals surface area contributed by atoms with Crippen LogP contribution in [0.2, 0.25) is 0 Å². The fourth-order valence-corrected chi connectivity index (χ4v) is 1.79. The summed E-state index contributed by atoms with van der Waals surface area (Å²) in [5, 5.41) is 2.46. The number of pyridine rings is 2. The van der Waals surface area contributed by atoms with Crippen molar-refractivity contribution in [3.05, 3.63) is 66.8 Å². The van der Waals surface area contributed by atoms with Gasteiger partial charge >= 0.3 is 0 Å². The Morgan fingerprint density at radius 3 is 2.64 bits per heavy atom. The number of hydrogen-bond acceptors (Lipinski definition) is 3. The van der Waals surface area contributed by atoms with Crippen molar-refractivity contribution < 1.29 is 9.18 Å². The van der Waals surface area contributed by atoms with Gasteiger partial charge in [-0.15, -0.1) is 0 Å². The molecule has 22 heavy (non-hydrogen) atoms. The fraction of sp³-hybridized carbons (Fsp3) is 0.0625. The number of aromatic nitrogens is 3. The first-order valence-electron chi connectivity index (χ1n) is 6.56. The van der Waals surface area contributed by atoms with Crippen molar-refractivity contribution in [2.24, 2.45) is 0 Å². The Kier molecular flexibility index (Phi) is 5.37. The number of aromatic amines is 1. The lowest BCUT2D eigenvalue weighted by Gasteiger charge is -1.97. The maximum Gasteiger partial charge on any atom is 0.211 e. The zero-order valence-electron chi connectivity index (χ0n) is 12.0. The van der Waals surface area contributed by atoms with Crippen LogP contribution in [0, 0.1) is 12.7 Å². The van der Waals surface area contributed by atoms with Gasteiger partial charge in [-0.05, 0) is 31.2 Å². The van der Waals surface area contributed by atoms with Gasteiger partial charge in [-0.2, -0.15) is 0 Å². The average Bonchev–Trinajstić information content (AvgIpc) is 2.96. The Labute approximate surface area is 127 Å². The second-order valence-corrected chi connectivity index (χ2v) is 4.43. The van der Waals surface area contributed by atoms with Crippen molar-refractivity contribution in [2.45, 2.75) is 6.92 Å². The van der Waals surface area contributed by atoms with Gasteiger partial charge in [-0.1, -0.05) is 0 Å². The molecule has 0 bridgehead atoms. The molecule has 0 atom stereocenters. The van der Waals surface area contributed by atoms with Crippen LogP contribution in [0.3, 0.4) is 0 Å². The molecule has 0 aliphatic heterocycles. The second-order valence-electron chi connectivity index (χ2n) is 4.43. The van der Waals surface area contributed by atoms with Crippen LogP contribution in [-0.2, 0) is 4.79 Å². The topological polar surface area (TPSA) is 70.7 Å². The van der Waals surface area contributed by atoms with Crippen molar-refractivity contribution in [1.82, 2.24) is 15.0 Å². The number of halogens is 1. The van der Waals surface area contributed by atoms with E-state index in [2.05, 4.69) is 20.3 Å². The minimum Gasteiger partial charge on any atom is -0.365 e. The summed E-state index contributed by atoms with van der Waals surface area (Å²) in [6.07, 6.45) is 8.44. The van der Waals surface area contributed by atoms with Gasteiger partial charge in [-0.3, -0.25) is 14.8 Å². The standard InChI is InChI=1S/C10H9FN2.C6H6N2O/c1-7-4-8(5-13-7)9-2-3-12-6-10(9)11;9-5-8-6-2-1-3-7-4-6/h2-6,13H,1H3;1-5H,(H,8,9). The third-order valence-electron chi connectivity index (χ3n) is 2.80. The summed E-state index contributed by atoms with van der Waals surface area (Å²) in [4.78, 5) is 20.3. The first-order valence-corrected chi connectivity index (χ1v) is 6.56. The Bertz CT molecular complexity index is 728. The van der Waals surface area contributed by atoms with Crippen LogP contribution in [0.15, 0.2) is 55.2 Å². The van der Waals surface area contributed by atoms with Gasteiger partial charge < -0.3 is 10.3 Å². The van der Waals surface area contributed by atoms with E-state index < -0.39 is 0 Å². The normalized spacial score (nSPS) is 9.55. The molecule has 0 fully saturated rings. The number of anilines is 1. The maximum atomic E-state index is 13.2. The average molecular weight is 298 g/mol. The molecule has 0 aliphatic rings. The molecule has 3 heterocycles. The van der Waals surface area contributed by atoms with Crippen LogP contribution in [0.25, 0.3) is 11.1 Å².